The number of halogens is 1. The van der Waals surface area contributed by atoms with Crippen LogP contribution in [0.1, 0.15) is 19.4 Å². The summed E-state index contributed by atoms with van der Waals surface area (Å²) < 4.78 is 28.8. The first kappa shape index (κ1) is 13.4. The van der Waals surface area contributed by atoms with Crippen LogP contribution in [0.2, 0.25) is 0 Å². The normalized spacial score (nSPS) is 11.8. The highest BCUT2D eigenvalue weighted by Crippen LogP contribution is 2.17. The van der Waals surface area contributed by atoms with Crippen molar-refractivity contribution in [1.82, 2.24) is 9.71 Å². The molecule has 1 heterocycles. The molecule has 0 unspecified atom stereocenters. The van der Waals surface area contributed by atoms with E-state index in [4.69, 9.17) is 0 Å². The summed E-state index contributed by atoms with van der Waals surface area (Å²) in [6.45, 7) is 5.28. The molecule has 1 rings (SSSR count). The molecule has 0 radical (unpaired) electrons. The summed E-state index contributed by atoms with van der Waals surface area (Å²) in [5.41, 5.74) is 0.753. The molecule has 1 aromatic heterocycles. The van der Waals surface area contributed by atoms with Crippen LogP contribution in [0.5, 0.6) is 0 Å². The zero-order valence-corrected chi connectivity index (χ0v) is 11.7. The lowest BCUT2D eigenvalue weighted by Gasteiger charge is -2.12. The first-order valence-corrected chi connectivity index (χ1v) is 7.00. The highest BCUT2D eigenvalue weighted by Gasteiger charge is 2.13. The van der Waals surface area contributed by atoms with Gasteiger partial charge in [-0.15, -0.1) is 0 Å². The number of aromatic nitrogens is 1. The van der Waals surface area contributed by atoms with Gasteiger partial charge in [-0.3, -0.25) is 4.72 Å². The largest absolute Gasteiger partial charge is 0.300 e. The number of hydrogen-bond donors (Lipinski definition) is 2. The van der Waals surface area contributed by atoms with Gasteiger partial charge in [-0.25, -0.2) is 4.98 Å². The Labute approximate surface area is 104 Å². The van der Waals surface area contributed by atoms with Gasteiger partial charge in [0.2, 0.25) is 0 Å². The van der Waals surface area contributed by atoms with Crippen LogP contribution >= 0.6 is 15.9 Å². The average molecular weight is 308 g/mol. The van der Waals surface area contributed by atoms with Gasteiger partial charge in [0, 0.05) is 16.7 Å². The van der Waals surface area contributed by atoms with E-state index in [2.05, 4.69) is 30.4 Å². The summed E-state index contributed by atoms with van der Waals surface area (Å²) in [4.78, 5) is 3.99. The van der Waals surface area contributed by atoms with Gasteiger partial charge < -0.3 is 0 Å². The van der Waals surface area contributed by atoms with Gasteiger partial charge in [0.05, 0.1) is 0 Å². The van der Waals surface area contributed by atoms with Crippen LogP contribution in [0.25, 0.3) is 0 Å². The Morgan fingerprint density at radius 3 is 2.56 bits per heavy atom. The first-order chi connectivity index (χ1) is 7.30. The average Bonchev–Trinajstić information content (AvgIpc) is 2.07. The van der Waals surface area contributed by atoms with Crippen LogP contribution in [0.3, 0.4) is 0 Å². The van der Waals surface area contributed by atoms with Crippen LogP contribution < -0.4 is 9.44 Å². The fourth-order valence-electron chi connectivity index (χ4n) is 1.11. The Hall–Kier alpha value is -0.660. The maximum atomic E-state index is 11.6. The van der Waals surface area contributed by atoms with E-state index in [1.54, 1.807) is 33.0 Å². The number of rotatable bonds is 4. The molecule has 0 spiro atoms. The van der Waals surface area contributed by atoms with E-state index in [-0.39, 0.29) is 6.04 Å². The van der Waals surface area contributed by atoms with Crippen LogP contribution in [-0.2, 0) is 10.2 Å². The Morgan fingerprint density at radius 1 is 1.44 bits per heavy atom. The molecule has 0 aliphatic carbocycles. The third-order valence-corrected chi connectivity index (χ3v) is 3.34. The van der Waals surface area contributed by atoms with Crippen molar-refractivity contribution in [2.75, 3.05) is 4.72 Å². The van der Waals surface area contributed by atoms with E-state index >= 15 is 0 Å². The van der Waals surface area contributed by atoms with Crippen molar-refractivity contribution >= 4 is 32.0 Å². The van der Waals surface area contributed by atoms with Gasteiger partial charge in [0.1, 0.15) is 5.82 Å². The molecule has 5 nitrogen and oxygen atoms in total. The third kappa shape index (κ3) is 4.07. The van der Waals surface area contributed by atoms with Crippen LogP contribution in [0.15, 0.2) is 16.7 Å². The van der Waals surface area contributed by atoms with Gasteiger partial charge in [0.25, 0.3) is 0 Å². The number of nitrogens with one attached hydrogen (secondary N) is 2. The Balaban J connectivity index is 2.88. The molecule has 0 aliphatic rings. The first-order valence-electron chi connectivity index (χ1n) is 4.72. The van der Waals surface area contributed by atoms with Crippen molar-refractivity contribution in [3.63, 3.8) is 0 Å². The lowest BCUT2D eigenvalue weighted by Crippen LogP contribution is -2.35. The number of nitrogens with zero attached hydrogens (tertiary/aromatic N) is 1. The van der Waals surface area contributed by atoms with Crippen LogP contribution in [0, 0.1) is 6.92 Å². The second-order valence-electron chi connectivity index (χ2n) is 3.70. The van der Waals surface area contributed by atoms with E-state index in [1.165, 1.54) is 0 Å². The minimum atomic E-state index is -3.55. The molecule has 1 aromatic rings. The lowest BCUT2D eigenvalue weighted by molar-refractivity contribution is 0.575. The zero-order valence-electron chi connectivity index (χ0n) is 9.28. The molecule has 0 saturated heterocycles. The smallest absolute Gasteiger partial charge is 0.254 e. The monoisotopic (exact) mass is 307 g/mol. The minimum Gasteiger partial charge on any atom is -0.254 e. The van der Waals surface area contributed by atoms with Crippen molar-refractivity contribution in [1.29, 1.82) is 0 Å². The van der Waals surface area contributed by atoms with Gasteiger partial charge in [-0.1, -0.05) is 0 Å². The van der Waals surface area contributed by atoms with Gasteiger partial charge in [-0.05, 0) is 48.3 Å². The maximum absolute atomic E-state index is 11.6. The Kier molecular flexibility index (Phi) is 4.28. The number of aryl methyl sites for hydroxylation is 1. The minimum absolute atomic E-state index is 0.159. The zero-order chi connectivity index (χ0) is 12.3. The molecule has 0 fully saturated rings. The van der Waals surface area contributed by atoms with Gasteiger partial charge in [-0.2, -0.15) is 13.1 Å². The van der Waals surface area contributed by atoms with E-state index in [1.807, 2.05) is 0 Å². The maximum Gasteiger partial charge on any atom is 0.300 e. The van der Waals surface area contributed by atoms with E-state index in [9.17, 15) is 8.42 Å². The molecule has 0 atom stereocenters. The van der Waals surface area contributed by atoms with Crippen molar-refractivity contribution in [3.05, 3.63) is 22.3 Å². The van der Waals surface area contributed by atoms with E-state index < -0.39 is 10.2 Å². The van der Waals surface area contributed by atoms with E-state index in [0.29, 0.717) is 5.82 Å². The number of anilines is 1. The Morgan fingerprint density at radius 2 is 2.06 bits per heavy atom. The fourth-order valence-corrected chi connectivity index (χ4v) is 2.71. The highest BCUT2D eigenvalue weighted by atomic mass is 79.9. The molecule has 0 aliphatic heterocycles. The molecular formula is C9H14BrN3O2S. The summed E-state index contributed by atoms with van der Waals surface area (Å²) >= 11 is 3.26. The SMILES string of the molecule is Cc1cc(Br)cnc1NS(=O)(=O)NC(C)C. The molecule has 0 amide bonds. The molecule has 0 saturated carbocycles. The molecule has 0 aromatic carbocycles. The Bertz CT molecular complexity index is 474. The summed E-state index contributed by atoms with van der Waals surface area (Å²) in [5, 5.41) is 0. The van der Waals surface area contributed by atoms with E-state index in [0.717, 1.165) is 10.0 Å². The van der Waals surface area contributed by atoms with Crippen LogP contribution in [-0.4, -0.2) is 19.4 Å². The topological polar surface area (TPSA) is 71.1 Å². The summed E-state index contributed by atoms with van der Waals surface area (Å²) in [6.07, 6.45) is 1.54. The van der Waals surface area contributed by atoms with Gasteiger partial charge >= 0.3 is 10.2 Å². The molecular weight excluding hydrogens is 294 g/mol. The standard InChI is InChI=1S/C9H14BrN3O2S/c1-6(2)12-16(14,15)13-9-7(3)4-8(10)5-11-9/h4-6,12H,1-3H3,(H,11,13). The number of pyridine rings is 1. The van der Waals surface area contributed by atoms with Gasteiger partial charge in [0.15, 0.2) is 0 Å². The lowest BCUT2D eigenvalue weighted by atomic mass is 10.3. The van der Waals surface area contributed by atoms with Crippen LogP contribution in [0.4, 0.5) is 5.82 Å². The summed E-state index contributed by atoms with van der Waals surface area (Å²) in [6, 6.07) is 1.63. The molecule has 7 heteroatoms. The summed E-state index contributed by atoms with van der Waals surface area (Å²) in [7, 11) is -3.55. The van der Waals surface area contributed by atoms with Crippen molar-refractivity contribution in [2.45, 2.75) is 26.8 Å². The molecule has 0 bridgehead atoms. The second-order valence-corrected chi connectivity index (χ2v) is 6.06. The molecule has 90 valence electrons. The predicted octanol–water partition coefficient (Wildman–Crippen LogP) is 1.81. The van der Waals surface area contributed by atoms with Crippen molar-refractivity contribution in [2.24, 2.45) is 0 Å². The predicted molar refractivity (Wildman–Crippen MR) is 67.5 cm³/mol. The summed E-state index contributed by atoms with van der Waals surface area (Å²) in [5.74, 6) is 0.330. The number of hydrogen-bond acceptors (Lipinski definition) is 3. The van der Waals surface area contributed by atoms with Crippen molar-refractivity contribution in [3.8, 4) is 0 Å². The third-order valence-electron chi connectivity index (χ3n) is 1.67. The molecule has 16 heavy (non-hydrogen) atoms. The second kappa shape index (κ2) is 5.11. The fraction of sp³-hybridized carbons (Fsp3) is 0.444. The quantitative estimate of drug-likeness (QED) is 0.891. The van der Waals surface area contributed by atoms with Crippen molar-refractivity contribution < 1.29 is 8.42 Å². The molecule has 2 N–H and O–H groups in total. The highest BCUT2D eigenvalue weighted by molar-refractivity contribution is 9.10.